The Kier molecular flexibility index (Phi) is 4.93. The highest BCUT2D eigenvalue weighted by Crippen LogP contribution is 2.26. The molecule has 1 atom stereocenters. The quantitative estimate of drug-likeness (QED) is 0.790. The minimum Gasteiger partial charge on any atom is -0.362 e. The molecule has 1 rings (SSSR count). The lowest BCUT2D eigenvalue weighted by atomic mass is 10.0. The monoisotopic (exact) mass is 247 g/mol. The average Bonchev–Trinajstić information content (AvgIpc) is 2.24. The van der Waals surface area contributed by atoms with Crippen LogP contribution < -0.4 is 0 Å². The van der Waals surface area contributed by atoms with Gasteiger partial charge in [0.1, 0.15) is 12.7 Å². The van der Waals surface area contributed by atoms with E-state index in [0.29, 0.717) is 12.1 Å². The number of rotatable bonds is 5. The van der Waals surface area contributed by atoms with Gasteiger partial charge in [-0.05, 0) is 24.5 Å². The molecule has 0 spiro atoms. The Morgan fingerprint density at radius 3 is 2.47 bits per heavy atom. The molecule has 0 N–H and O–H groups in total. The summed E-state index contributed by atoms with van der Waals surface area (Å²) < 4.78 is 41.3. The second kappa shape index (κ2) is 6.00. The summed E-state index contributed by atoms with van der Waals surface area (Å²) in [6, 6.07) is 5.15. The van der Waals surface area contributed by atoms with Crippen LogP contribution in [0.4, 0.5) is 13.2 Å². The topological polar surface area (TPSA) is 22.1 Å². The van der Waals surface area contributed by atoms with Crippen molar-refractivity contribution < 1.29 is 17.9 Å². The summed E-state index contributed by atoms with van der Waals surface area (Å²) in [4.78, 5) is 4.04. The molecule has 0 bridgehead atoms. The number of pyridine rings is 1. The molecule has 0 saturated heterocycles. The molecule has 1 aromatic heterocycles. The van der Waals surface area contributed by atoms with E-state index in [2.05, 4.69) is 4.98 Å². The van der Waals surface area contributed by atoms with E-state index >= 15 is 0 Å². The summed E-state index contributed by atoms with van der Waals surface area (Å²) in [6.45, 7) is 2.64. The molecule has 0 amide bonds. The second-order valence-corrected chi connectivity index (χ2v) is 4.30. The maximum Gasteiger partial charge on any atom is 0.411 e. The van der Waals surface area contributed by atoms with Gasteiger partial charge in [-0.1, -0.05) is 19.9 Å². The third-order valence-electron chi connectivity index (χ3n) is 2.15. The first-order chi connectivity index (χ1) is 7.88. The Balaban J connectivity index is 2.68. The smallest absolute Gasteiger partial charge is 0.362 e. The molecule has 2 nitrogen and oxygen atoms in total. The number of halogens is 3. The van der Waals surface area contributed by atoms with Crippen molar-refractivity contribution in [1.29, 1.82) is 0 Å². The standard InChI is InChI=1S/C12H16F3NO/c1-9(2)7-11(17-8-12(13,14)15)10-5-3-4-6-16-10/h3-6,9,11H,7-8H2,1-2H3. The first kappa shape index (κ1) is 14.0. The predicted molar refractivity (Wildman–Crippen MR) is 58.4 cm³/mol. The van der Waals surface area contributed by atoms with Gasteiger partial charge in [-0.3, -0.25) is 4.98 Å². The molecule has 1 heterocycles. The van der Waals surface area contributed by atoms with Crippen LogP contribution in [-0.2, 0) is 4.74 Å². The predicted octanol–water partition coefficient (Wildman–Crippen LogP) is 3.75. The molecule has 17 heavy (non-hydrogen) atoms. The molecule has 1 aromatic rings. The summed E-state index contributed by atoms with van der Waals surface area (Å²) in [7, 11) is 0. The zero-order valence-corrected chi connectivity index (χ0v) is 9.87. The van der Waals surface area contributed by atoms with Gasteiger partial charge in [0, 0.05) is 6.20 Å². The molecular formula is C12H16F3NO. The fourth-order valence-corrected chi connectivity index (χ4v) is 1.46. The minimum absolute atomic E-state index is 0.246. The van der Waals surface area contributed by atoms with Crippen molar-refractivity contribution in [1.82, 2.24) is 4.98 Å². The van der Waals surface area contributed by atoms with E-state index in [4.69, 9.17) is 4.74 Å². The highest BCUT2D eigenvalue weighted by atomic mass is 19.4. The normalized spacial score (nSPS) is 14.0. The number of alkyl halides is 3. The first-order valence-corrected chi connectivity index (χ1v) is 5.48. The second-order valence-electron chi connectivity index (χ2n) is 4.30. The van der Waals surface area contributed by atoms with Gasteiger partial charge in [0.2, 0.25) is 0 Å². The highest BCUT2D eigenvalue weighted by Gasteiger charge is 2.30. The first-order valence-electron chi connectivity index (χ1n) is 5.48. The van der Waals surface area contributed by atoms with E-state index < -0.39 is 18.9 Å². The van der Waals surface area contributed by atoms with Crippen LogP contribution in [0.2, 0.25) is 0 Å². The molecule has 0 aliphatic heterocycles. The van der Waals surface area contributed by atoms with Crippen LogP contribution in [0.1, 0.15) is 32.1 Å². The van der Waals surface area contributed by atoms with Crippen molar-refractivity contribution in [3.8, 4) is 0 Å². The summed E-state index contributed by atoms with van der Waals surface area (Å²) >= 11 is 0. The van der Waals surface area contributed by atoms with Gasteiger partial charge in [-0.15, -0.1) is 0 Å². The molecule has 96 valence electrons. The van der Waals surface area contributed by atoms with Crippen molar-refractivity contribution in [2.45, 2.75) is 32.5 Å². The summed E-state index contributed by atoms with van der Waals surface area (Å²) in [5.41, 5.74) is 0.547. The maximum atomic E-state index is 12.1. The molecule has 1 unspecified atom stereocenters. The van der Waals surface area contributed by atoms with Gasteiger partial charge in [-0.2, -0.15) is 13.2 Å². The summed E-state index contributed by atoms with van der Waals surface area (Å²) in [5, 5.41) is 0. The Morgan fingerprint density at radius 2 is 2.00 bits per heavy atom. The van der Waals surface area contributed by atoms with Crippen molar-refractivity contribution in [2.24, 2.45) is 5.92 Å². The van der Waals surface area contributed by atoms with Gasteiger partial charge >= 0.3 is 6.18 Å². The number of ether oxygens (including phenoxy) is 1. The number of aromatic nitrogens is 1. The van der Waals surface area contributed by atoms with E-state index in [1.807, 2.05) is 13.8 Å². The van der Waals surface area contributed by atoms with E-state index in [-0.39, 0.29) is 5.92 Å². The lowest BCUT2D eigenvalue weighted by Crippen LogP contribution is -2.20. The van der Waals surface area contributed by atoms with E-state index in [1.54, 1.807) is 24.4 Å². The van der Waals surface area contributed by atoms with Crippen molar-refractivity contribution >= 4 is 0 Å². The van der Waals surface area contributed by atoms with Crippen LogP contribution in [0, 0.1) is 5.92 Å². The molecule has 0 aromatic carbocycles. The van der Waals surface area contributed by atoms with E-state index in [9.17, 15) is 13.2 Å². The molecule has 0 saturated carbocycles. The van der Waals surface area contributed by atoms with E-state index in [1.165, 1.54) is 0 Å². The summed E-state index contributed by atoms with van der Waals surface area (Å²) in [6.07, 6.45) is -2.82. The highest BCUT2D eigenvalue weighted by molar-refractivity contribution is 5.07. The fourth-order valence-electron chi connectivity index (χ4n) is 1.46. The number of nitrogens with zero attached hydrogens (tertiary/aromatic N) is 1. The lowest BCUT2D eigenvalue weighted by molar-refractivity contribution is -0.188. The molecule has 5 heteroatoms. The van der Waals surface area contributed by atoms with Crippen LogP contribution in [0.15, 0.2) is 24.4 Å². The molecule has 0 aliphatic carbocycles. The number of hydrogen-bond acceptors (Lipinski definition) is 2. The average molecular weight is 247 g/mol. The summed E-state index contributed by atoms with van der Waals surface area (Å²) in [5.74, 6) is 0.246. The molecular weight excluding hydrogens is 231 g/mol. The van der Waals surface area contributed by atoms with E-state index in [0.717, 1.165) is 0 Å². The number of hydrogen-bond donors (Lipinski definition) is 0. The molecule has 0 radical (unpaired) electrons. The van der Waals surface area contributed by atoms with Crippen LogP contribution in [0.5, 0.6) is 0 Å². The Hall–Kier alpha value is -1.10. The maximum absolute atomic E-state index is 12.1. The SMILES string of the molecule is CC(C)CC(OCC(F)(F)F)c1ccccn1. The fraction of sp³-hybridized carbons (Fsp3) is 0.583. The van der Waals surface area contributed by atoms with Crippen LogP contribution in [0.3, 0.4) is 0 Å². The van der Waals surface area contributed by atoms with Gasteiger partial charge in [0.25, 0.3) is 0 Å². The minimum atomic E-state index is -4.30. The van der Waals surface area contributed by atoms with Crippen molar-refractivity contribution in [3.05, 3.63) is 30.1 Å². The van der Waals surface area contributed by atoms with Gasteiger partial charge in [-0.25, -0.2) is 0 Å². The van der Waals surface area contributed by atoms with Crippen LogP contribution in [-0.4, -0.2) is 17.8 Å². The van der Waals surface area contributed by atoms with Gasteiger partial charge < -0.3 is 4.74 Å². The van der Waals surface area contributed by atoms with Crippen molar-refractivity contribution in [3.63, 3.8) is 0 Å². The van der Waals surface area contributed by atoms with Gasteiger partial charge in [0.15, 0.2) is 0 Å². The lowest BCUT2D eigenvalue weighted by Gasteiger charge is -2.20. The zero-order chi connectivity index (χ0) is 12.9. The zero-order valence-electron chi connectivity index (χ0n) is 9.87. The Labute approximate surface area is 98.8 Å². The third kappa shape index (κ3) is 5.68. The van der Waals surface area contributed by atoms with Crippen molar-refractivity contribution in [2.75, 3.05) is 6.61 Å². The van der Waals surface area contributed by atoms with Crippen LogP contribution >= 0.6 is 0 Å². The largest absolute Gasteiger partial charge is 0.411 e. The van der Waals surface area contributed by atoms with Gasteiger partial charge in [0.05, 0.1) is 5.69 Å². The Morgan fingerprint density at radius 1 is 1.29 bits per heavy atom. The molecule has 0 fully saturated rings. The third-order valence-corrected chi connectivity index (χ3v) is 2.15. The Bertz CT molecular complexity index is 324. The van der Waals surface area contributed by atoms with Crippen LogP contribution in [0.25, 0.3) is 0 Å². The molecule has 0 aliphatic rings.